The maximum Gasteiger partial charge on any atom is 0.232 e. The van der Waals surface area contributed by atoms with Gasteiger partial charge in [0.1, 0.15) is 30.0 Å². The highest BCUT2D eigenvalue weighted by Gasteiger charge is 2.31. The predicted molar refractivity (Wildman–Crippen MR) is 218 cm³/mol. The summed E-state index contributed by atoms with van der Waals surface area (Å²) in [4.78, 5) is 20.2. The van der Waals surface area contributed by atoms with Gasteiger partial charge in [-0.15, -0.1) is 10.2 Å². The van der Waals surface area contributed by atoms with Crippen molar-refractivity contribution in [2.75, 3.05) is 29.7 Å². The molecule has 1 fully saturated rings. The second-order valence-corrected chi connectivity index (χ2v) is 16.4. The van der Waals surface area contributed by atoms with Crippen LogP contribution in [0.2, 0.25) is 0 Å². The molecule has 1 aliphatic heterocycles. The maximum atomic E-state index is 13.5. The number of piperidine rings is 1. The van der Waals surface area contributed by atoms with Gasteiger partial charge in [-0.05, 0) is 100 Å². The zero-order chi connectivity index (χ0) is 38.5. The van der Waals surface area contributed by atoms with Gasteiger partial charge in [-0.2, -0.15) is 5.10 Å². The zero-order valence-corrected chi connectivity index (χ0v) is 33.7. The Bertz CT molecular complexity index is 2070. The van der Waals surface area contributed by atoms with E-state index in [9.17, 15) is 4.79 Å². The Morgan fingerprint density at radius 3 is 2.53 bits per heavy atom. The third kappa shape index (κ3) is 8.94. The number of hydrogen-bond acceptors (Lipinski definition) is 10. The largest absolute Gasteiger partial charge is 0.489 e. The number of carbonyl (C=O) groups is 1. The maximum absolute atomic E-state index is 13.5. The van der Waals surface area contributed by atoms with Crippen LogP contribution < -0.4 is 19.7 Å². The lowest BCUT2D eigenvalue weighted by atomic mass is 9.79. The van der Waals surface area contributed by atoms with E-state index in [0.717, 1.165) is 61.6 Å². The average Bonchev–Trinajstić information content (AvgIpc) is 3.79. The number of rotatable bonds is 14. The normalized spacial score (nSPS) is 20.0. The number of aromatic nitrogens is 6. The van der Waals surface area contributed by atoms with Gasteiger partial charge in [0.2, 0.25) is 11.9 Å². The van der Waals surface area contributed by atoms with Gasteiger partial charge >= 0.3 is 0 Å². The summed E-state index contributed by atoms with van der Waals surface area (Å²) in [5, 5.41) is 17.1. The second kappa shape index (κ2) is 17.0. The molecule has 13 heteroatoms. The Morgan fingerprint density at radius 2 is 1.75 bits per heavy atom. The zero-order valence-electron chi connectivity index (χ0n) is 32.9. The molecule has 1 N–H and O–H groups in total. The second-order valence-electron chi connectivity index (χ2n) is 15.9. The molecule has 5 heterocycles. The van der Waals surface area contributed by atoms with Gasteiger partial charge in [0, 0.05) is 42.3 Å². The Balaban J connectivity index is 0.994. The first kappa shape index (κ1) is 38.6. The fourth-order valence-corrected chi connectivity index (χ4v) is 8.21. The van der Waals surface area contributed by atoms with Crippen LogP contribution in [0.4, 0.5) is 11.8 Å². The van der Waals surface area contributed by atoms with Gasteiger partial charge in [0.25, 0.3) is 0 Å². The molecule has 0 radical (unpaired) electrons. The number of nitrogens with zero attached hydrogens (tertiary/aromatic N) is 7. The van der Waals surface area contributed by atoms with Gasteiger partial charge in [-0.3, -0.25) is 14.2 Å². The number of pyridine rings is 2. The first-order valence-electron chi connectivity index (χ1n) is 19.6. The number of ether oxygens (including phenoxy) is 2. The smallest absolute Gasteiger partial charge is 0.232 e. The van der Waals surface area contributed by atoms with Crippen LogP contribution in [0.3, 0.4) is 0 Å². The molecule has 1 aromatic carbocycles. The van der Waals surface area contributed by atoms with Gasteiger partial charge < -0.3 is 23.9 Å². The highest BCUT2D eigenvalue weighted by Crippen LogP contribution is 2.42. The fraction of sp³-hybridized carbons (Fsp3) is 0.500. The molecule has 4 atom stereocenters. The molecular weight excluding hydrogens is 713 g/mol. The SMILES string of the molecule is CSOCCOc1cncc(-n2nc(C(C)(C)C)cc2NC(=O)CCC[C@H]2CC[C@@H](Oc3ccc4nnc(N5[C@H](C)CCC[C@@H]5C)n4c3)c3ccccc32)c1. The van der Waals surface area contributed by atoms with Crippen molar-refractivity contribution in [3.05, 3.63) is 83.9 Å². The first-order chi connectivity index (χ1) is 26.6. The van der Waals surface area contributed by atoms with Crippen LogP contribution in [0.25, 0.3) is 11.3 Å². The molecule has 2 aliphatic rings. The lowest BCUT2D eigenvalue weighted by Gasteiger charge is -2.39. The van der Waals surface area contributed by atoms with E-state index in [-0.39, 0.29) is 17.4 Å². The molecule has 0 bridgehead atoms. The van der Waals surface area contributed by atoms with E-state index in [1.807, 2.05) is 36.7 Å². The third-order valence-electron chi connectivity index (χ3n) is 10.8. The van der Waals surface area contributed by atoms with E-state index in [1.54, 1.807) is 17.1 Å². The van der Waals surface area contributed by atoms with Crippen LogP contribution >= 0.6 is 12.0 Å². The van der Waals surface area contributed by atoms with E-state index in [4.69, 9.17) is 18.8 Å². The quantitative estimate of drug-likeness (QED) is 0.0867. The number of hydrogen-bond donors (Lipinski definition) is 1. The van der Waals surface area contributed by atoms with E-state index in [0.29, 0.717) is 54.9 Å². The van der Waals surface area contributed by atoms with Crippen LogP contribution in [0.1, 0.15) is 115 Å². The molecule has 1 aliphatic carbocycles. The summed E-state index contributed by atoms with van der Waals surface area (Å²) in [5.74, 6) is 3.22. The predicted octanol–water partition coefficient (Wildman–Crippen LogP) is 8.85. The molecule has 292 valence electrons. The molecule has 0 saturated carbocycles. The Morgan fingerprint density at radius 1 is 0.945 bits per heavy atom. The van der Waals surface area contributed by atoms with Gasteiger partial charge in [-0.25, -0.2) is 4.68 Å². The van der Waals surface area contributed by atoms with Crippen LogP contribution in [0, 0.1) is 0 Å². The number of benzene rings is 1. The number of fused-ring (bicyclic) bond motifs is 2. The lowest BCUT2D eigenvalue weighted by molar-refractivity contribution is -0.116. The molecule has 4 aromatic heterocycles. The van der Waals surface area contributed by atoms with Crippen molar-refractivity contribution in [1.29, 1.82) is 0 Å². The topological polar surface area (TPSA) is 121 Å². The Kier molecular flexibility index (Phi) is 12.0. The van der Waals surface area contributed by atoms with E-state index < -0.39 is 0 Å². The summed E-state index contributed by atoms with van der Waals surface area (Å²) in [6.45, 7) is 11.7. The summed E-state index contributed by atoms with van der Waals surface area (Å²) < 4.78 is 21.7. The van der Waals surface area contributed by atoms with Crippen LogP contribution in [0.5, 0.6) is 11.5 Å². The van der Waals surface area contributed by atoms with Crippen molar-refractivity contribution in [2.24, 2.45) is 0 Å². The van der Waals surface area contributed by atoms with Crippen molar-refractivity contribution in [2.45, 2.75) is 116 Å². The van der Waals surface area contributed by atoms with Crippen molar-refractivity contribution in [3.63, 3.8) is 0 Å². The number of carbonyl (C=O) groups excluding carboxylic acids is 1. The molecule has 55 heavy (non-hydrogen) atoms. The minimum absolute atomic E-state index is 0.0430. The summed E-state index contributed by atoms with van der Waals surface area (Å²) >= 11 is 1.30. The highest BCUT2D eigenvalue weighted by molar-refractivity contribution is 7.93. The summed E-state index contributed by atoms with van der Waals surface area (Å²) in [7, 11) is 0. The fourth-order valence-electron chi connectivity index (χ4n) is 7.97. The van der Waals surface area contributed by atoms with Crippen molar-refractivity contribution in [1.82, 2.24) is 29.4 Å². The van der Waals surface area contributed by atoms with Crippen LogP contribution in [-0.4, -0.2) is 66.8 Å². The van der Waals surface area contributed by atoms with E-state index >= 15 is 0 Å². The van der Waals surface area contributed by atoms with Crippen LogP contribution in [-0.2, 0) is 14.4 Å². The third-order valence-corrected chi connectivity index (χ3v) is 11.2. The molecular formula is C42H54N8O4S. The monoisotopic (exact) mass is 766 g/mol. The van der Waals surface area contributed by atoms with Gasteiger partial charge in [0.05, 0.1) is 36.6 Å². The van der Waals surface area contributed by atoms with Crippen molar-refractivity contribution >= 4 is 35.4 Å². The molecule has 0 spiro atoms. The molecule has 5 aromatic rings. The van der Waals surface area contributed by atoms with Crippen LogP contribution in [0.15, 0.2) is 67.1 Å². The van der Waals surface area contributed by atoms with E-state index in [1.165, 1.54) is 29.6 Å². The Labute approximate surface area is 328 Å². The first-order valence-corrected chi connectivity index (χ1v) is 20.8. The molecule has 1 saturated heterocycles. The molecule has 1 amide bonds. The summed E-state index contributed by atoms with van der Waals surface area (Å²) in [5.41, 5.74) is 4.71. The lowest BCUT2D eigenvalue weighted by Crippen LogP contribution is -2.44. The van der Waals surface area contributed by atoms with Gasteiger partial charge in [0.15, 0.2) is 5.65 Å². The van der Waals surface area contributed by atoms with Crippen molar-refractivity contribution in [3.8, 4) is 17.2 Å². The number of nitrogens with one attached hydrogen (secondary N) is 1. The van der Waals surface area contributed by atoms with Gasteiger partial charge in [-0.1, -0.05) is 45.0 Å². The molecule has 7 rings (SSSR count). The highest BCUT2D eigenvalue weighted by atomic mass is 32.2. The standard InChI is InChI=1S/C42H54N8O4S/c1-28-11-9-12-29(2)49(28)41-46-45-38-20-18-32(27-48(38)41)54-36-19-17-30(34-14-7-8-15-35(34)36)13-10-16-40(51)44-39-24-37(42(3,4)5)47-50(39)31-23-33(26-43-25-31)52-21-22-53-55-6/h7-8,14-15,18,20,23-30,36H,9-13,16-17,19,21-22H2,1-6H3,(H,44,51)/t28-,29+,30-,36+/m0/s1. The minimum atomic E-state index is -0.214. The molecule has 0 unspecified atom stereocenters. The summed E-state index contributed by atoms with van der Waals surface area (Å²) in [6.07, 6.45) is 14.8. The Hall–Kier alpha value is -4.62. The number of amides is 1. The molecule has 12 nitrogen and oxygen atoms in total. The summed E-state index contributed by atoms with van der Waals surface area (Å²) in [6, 6.07) is 17.3. The number of anilines is 2. The minimum Gasteiger partial charge on any atom is -0.489 e. The average molecular weight is 767 g/mol. The van der Waals surface area contributed by atoms with E-state index in [2.05, 4.69) is 88.7 Å². The van der Waals surface area contributed by atoms with Crippen molar-refractivity contribution < 1.29 is 18.5 Å².